The van der Waals surface area contributed by atoms with Gasteiger partial charge in [0.15, 0.2) is 0 Å². The molecule has 5 rings (SSSR count). The van der Waals surface area contributed by atoms with E-state index >= 15 is 0 Å². The van der Waals surface area contributed by atoms with Gasteiger partial charge in [-0.05, 0) is 59.8 Å². The number of benzene rings is 2. The second-order valence-electron chi connectivity index (χ2n) is 10.3. The summed E-state index contributed by atoms with van der Waals surface area (Å²) in [7, 11) is 0. The maximum Gasteiger partial charge on any atom is 0.407 e. The Morgan fingerprint density at radius 2 is 1.63 bits per heavy atom. The molecule has 184 valence electrons. The van der Waals surface area contributed by atoms with Crippen molar-refractivity contribution in [2.24, 2.45) is 11.3 Å². The normalized spacial score (nSPS) is 21.9. The highest BCUT2D eigenvalue weighted by molar-refractivity contribution is 5.80. The van der Waals surface area contributed by atoms with E-state index in [9.17, 15) is 14.4 Å². The van der Waals surface area contributed by atoms with E-state index in [4.69, 9.17) is 9.84 Å². The van der Waals surface area contributed by atoms with Crippen LogP contribution in [0.25, 0.3) is 11.1 Å². The number of carboxylic acids is 1. The number of ether oxygens (including phenoxy) is 1. The van der Waals surface area contributed by atoms with Crippen LogP contribution >= 0.6 is 0 Å². The Hall–Kier alpha value is -3.35. The maximum absolute atomic E-state index is 12.7. The smallest absolute Gasteiger partial charge is 0.407 e. The first-order valence-electron chi connectivity index (χ1n) is 12.6. The van der Waals surface area contributed by atoms with Crippen LogP contribution in [0.4, 0.5) is 4.79 Å². The van der Waals surface area contributed by atoms with Gasteiger partial charge in [-0.3, -0.25) is 9.59 Å². The number of carbonyl (C=O) groups is 3. The summed E-state index contributed by atoms with van der Waals surface area (Å²) in [4.78, 5) is 36.4. The molecule has 3 aliphatic rings. The van der Waals surface area contributed by atoms with Gasteiger partial charge in [0.1, 0.15) is 6.61 Å². The highest BCUT2D eigenvalue weighted by atomic mass is 16.5. The highest BCUT2D eigenvalue weighted by Crippen LogP contribution is 2.45. The zero-order valence-electron chi connectivity index (χ0n) is 19.8. The molecular weight excluding hydrogens is 444 g/mol. The van der Waals surface area contributed by atoms with Gasteiger partial charge in [0.2, 0.25) is 5.91 Å². The van der Waals surface area contributed by atoms with Crippen LogP contribution in [-0.2, 0) is 14.3 Å². The minimum Gasteiger partial charge on any atom is -0.481 e. The standard InChI is InChI=1S/C28H32N2O5/c31-25(32)15-28(12-5-13-28)17-29-26(33)18-10-11-19(14-18)30-27(34)35-16-24-22-8-3-1-6-20(22)21-7-2-4-9-23(21)24/h1-4,6-9,18-19,24H,5,10-17H2,(H,29,33)(H,30,34)(H,31,32). The Labute approximate surface area is 205 Å². The number of alkyl carbamates (subject to hydrolysis) is 1. The molecule has 0 aromatic heterocycles. The molecule has 0 saturated heterocycles. The van der Waals surface area contributed by atoms with Crippen LogP contribution in [0, 0.1) is 11.3 Å². The molecule has 0 aliphatic heterocycles. The second kappa shape index (κ2) is 9.72. The Kier molecular flexibility index (Phi) is 6.50. The van der Waals surface area contributed by atoms with Crippen molar-refractivity contribution >= 4 is 18.0 Å². The van der Waals surface area contributed by atoms with Gasteiger partial charge in [-0.25, -0.2) is 4.79 Å². The monoisotopic (exact) mass is 476 g/mol. The summed E-state index contributed by atoms with van der Waals surface area (Å²) in [6, 6.07) is 16.4. The third-order valence-corrected chi connectivity index (χ3v) is 8.05. The number of carbonyl (C=O) groups excluding carboxylic acids is 2. The van der Waals surface area contributed by atoms with Crippen LogP contribution in [0.1, 0.15) is 62.0 Å². The maximum atomic E-state index is 12.7. The molecule has 35 heavy (non-hydrogen) atoms. The molecule has 0 heterocycles. The molecule has 2 unspecified atom stereocenters. The lowest BCUT2D eigenvalue weighted by Crippen LogP contribution is -2.45. The van der Waals surface area contributed by atoms with Gasteiger partial charge < -0.3 is 20.5 Å². The first kappa shape index (κ1) is 23.4. The van der Waals surface area contributed by atoms with Crippen LogP contribution in [0.15, 0.2) is 48.5 Å². The summed E-state index contributed by atoms with van der Waals surface area (Å²) in [6.45, 7) is 0.682. The van der Waals surface area contributed by atoms with Crippen LogP contribution < -0.4 is 10.6 Å². The highest BCUT2D eigenvalue weighted by Gasteiger charge is 2.40. The Bertz CT molecular complexity index is 1080. The fraction of sp³-hybridized carbons (Fsp3) is 0.464. The SMILES string of the molecule is O=C(O)CC1(CNC(=O)C2CCC(NC(=O)OCC3c4ccccc4-c4ccccc43)C2)CCC1. The molecule has 7 nitrogen and oxygen atoms in total. The van der Waals surface area contributed by atoms with Gasteiger partial charge in [-0.15, -0.1) is 0 Å². The van der Waals surface area contributed by atoms with E-state index in [0.29, 0.717) is 19.4 Å². The van der Waals surface area contributed by atoms with Gasteiger partial charge >= 0.3 is 12.1 Å². The minimum absolute atomic E-state index is 0.0138. The number of rotatable bonds is 8. The van der Waals surface area contributed by atoms with E-state index in [1.165, 1.54) is 22.3 Å². The topological polar surface area (TPSA) is 105 Å². The Morgan fingerprint density at radius 1 is 0.971 bits per heavy atom. The van der Waals surface area contributed by atoms with Crippen molar-refractivity contribution in [1.29, 1.82) is 0 Å². The first-order valence-corrected chi connectivity index (χ1v) is 12.6. The largest absolute Gasteiger partial charge is 0.481 e. The Balaban J connectivity index is 1.10. The van der Waals surface area contributed by atoms with Gasteiger partial charge in [0.05, 0.1) is 6.42 Å². The number of aliphatic carboxylic acids is 1. The van der Waals surface area contributed by atoms with E-state index in [1.54, 1.807) is 0 Å². The van der Waals surface area contributed by atoms with Gasteiger partial charge in [-0.1, -0.05) is 55.0 Å². The van der Waals surface area contributed by atoms with Crippen molar-refractivity contribution < 1.29 is 24.2 Å². The van der Waals surface area contributed by atoms with E-state index in [2.05, 4.69) is 34.9 Å². The van der Waals surface area contributed by atoms with E-state index in [1.807, 2.05) is 24.3 Å². The molecular formula is C28H32N2O5. The fourth-order valence-electron chi connectivity index (χ4n) is 5.99. The first-order chi connectivity index (χ1) is 16.9. The van der Waals surface area contributed by atoms with Crippen molar-refractivity contribution in [3.05, 3.63) is 59.7 Å². The zero-order valence-corrected chi connectivity index (χ0v) is 19.8. The van der Waals surface area contributed by atoms with Crippen LogP contribution in [-0.4, -0.2) is 42.3 Å². The molecule has 0 bridgehead atoms. The average molecular weight is 477 g/mol. The van der Waals surface area contributed by atoms with Gasteiger partial charge in [-0.2, -0.15) is 0 Å². The van der Waals surface area contributed by atoms with Crippen molar-refractivity contribution in [2.45, 2.75) is 56.9 Å². The summed E-state index contributed by atoms with van der Waals surface area (Å²) < 4.78 is 5.64. The number of hydrogen-bond donors (Lipinski definition) is 3. The third-order valence-electron chi connectivity index (χ3n) is 8.05. The molecule has 2 atom stereocenters. The summed E-state index contributed by atoms with van der Waals surface area (Å²) in [5.41, 5.74) is 4.43. The van der Waals surface area contributed by atoms with Crippen LogP contribution in [0.5, 0.6) is 0 Å². The summed E-state index contributed by atoms with van der Waals surface area (Å²) in [5.74, 6) is -1.01. The fourth-order valence-corrected chi connectivity index (χ4v) is 5.99. The summed E-state index contributed by atoms with van der Waals surface area (Å²) >= 11 is 0. The third kappa shape index (κ3) is 4.90. The predicted octanol–water partition coefficient (Wildman–Crippen LogP) is 4.46. The molecule has 2 saturated carbocycles. The van der Waals surface area contributed by atoms with Gasteiger partial charge in [0, 0.05) is 24.4 Å². The molecule has 7 heteroatoms. The molecule has 3 aliphatic carbocycles. The second-order valence-corrected chi connectivity index (χ2v) is 10.3. The molecule has 2 amide bonds. The van der Waals surface area contributed by atoms with Crippen molar-refractivity contribution in [1.82, 2.24) is 10.6 Å². The predicted molar refractivity (Wildman–Crippen MR) is 131 cm³/mol. The van der Waals surface area contributed by atoms with Crippen molar-refractivity contribution in [3.8, 4) is 11.1 Å². The lowest BCUT2D eigenvalue weighted by molar-refractivity contribution is -0.142. The Morgan fingerprint density at radius 3 is 2.23 bits per heavy atom. The summed E-state index contributed by atoms with van der Waals surface area (Å²) in [5, 5.41) is 15.1. The lowest BCUT2D eigenvalue weighted by Gasteiger charge is -2.41. The molecule has 2 fully saturated rings. The molecule has 0 radical (unpaired) electrons. The lowest BCUT2D eigenvalue weighted by atomic mass is 9.66. The number of nitrogens with one attached hydrogen (secondary N) is 2. The van der Waals surface area contributed by atoms with Crippen molar-refractivity contribution in [3.63, 3.8) is 0 Å². The number of fused-ring (bicyclic) bond motifs is 3. The van der Waals surface area contributed by atoms with Crippen LogP contribution in [0.2, 0.25) is 0 Å². The average Bonchev–Trinajstić information content (AvgIpc) is 3.42. The van der Waals surface area contributed by atoms with Crippen LogP contribution in [0.3, 0.4) is 0 Å². The van der Waals surface area contributed by atoms with E-state index in [-0.39, 0.29) is 42.2 Å². The molecule has 0 spiro atoms. The number of hydrogen-bond acceptors (Lipinski definition) is 4. The summed E-state index contributed by atoms with van der Waals surface area (Å²) in [6.07, 6.45) is 4.35. The van der Waals surface area contributed by atoms with Gasteiger partial charge in [0.25, 0.3) is 0 Å². The zero-order chi connectivity index (χ0) is 24.4. The molecule has 2 aromatic carbocycles. The van der Waals surface area contributed by atoms with E-state index < -0.39 is 12.1 Å². The molecule has 3 N–H and O–H groups in total. The molecule has 2 aromatic rings. The minimum atomic E-state index is -0.813. The number of amides is 2. The van der Waals surface area contributed by atoms with Crippen molar-refractivity contribution in [2.75, 3.05) is 13.2 Å². The van der Waals surface area contributed by atoms with E-state index in [0.717, 1.165) is 25.7 Å². The quantitative estimate of drug-likeness (QED) is 0.522. The number of carboxylic acid groups (broad SMARTS) is 1.